The minimum Gasteiger partial charge on any atom is -0.465 e. The molecule has 2 N–H and O–H groups in total. The van der Waals surface area contributed by atoms with Crippen molar-refractivity contribution < 1.29 is 19.7 Å². The van der Waals surface area contributed by atoms with Crippen LogP contribution >= 0.6 is 0 Å². The molecule has 0 aromatic heterocycles. The van der Waals surface area contributed by atoms with Gasteiger partial charge in [-0.05, 0) is 26.0 Å². The summed E-state index contributed by atoms with van der Waals surface area (Å²) < 4.78 is 10.1. The number of ether oxygens (including phenoxy) is 2. The van der Waals surface area contributed by atoms with Crippen LogP contribution in [-0.2, 0) is 0 Å². The van der Waals surface area contributed by atoms with Crippen molar-refractivity contribution in [2.45, 2.75) is 26.4 Å². The standard InChI is InChI=1S/C10H14O4/c1-7(11)13-9-4-3-5-10(6-9)14-8(2)12/h3-8,11-12H,1-2H3. The van der Waals surface area contributed by atoms with Crippen molar-refractivity contribution in [1.82, 2.24) is 0 Å². The van der Waals surface area contributed by atoms with E-state index in [-0.39, 0.29) is 0 Å². The zero-order valence-electron chi connectivity index (χ0n) is 8.18. The molecule has 1 rings (SSSR count). The third-order valence-corrected chi connectivity index (χ3v) is 1.42. The third kappa shape index (κ3) is 3.64. The van der Waals surface area contributed by atoms with Crippen LogP contribution in [0.1, 0.15) is 13.8 Å². The molecule has 78 valence electrons. The van der Waals surface area contributed by atoms with E-state index in [9.17, 15) is 0 Å². The Morgan fingerprint density at radius 1 is 1.00 bits per heavy atom. The maximum absolute atomic E-state index is 8.97. The Kier molecular flexibility index (Phi) is 3.73. The van der Waals surface area contributed by atoms with Crippen molar-refractivity contribution in [1.29, 1.82) is 0 Å². The van der Waals surface area contributed by atoms with E-state index in [0.29, 0.717) is 11.5 Å². The van der Waals surface area contributed by atoms with E-state index in [1.165, 1.54) is 13.8 Å². The molecule has 0 aliphatic rings. The molecule has 0 bridgehead atoms. The molecule has 0 saturated heterocycles. The summed E-state index contributed by atoms with van der Waals surface area (Å²) in [4.78, 5) is 0. The van der Waals surface area contributed by atoms with E-state index in [2.05, 4.69) is 0 Å². The highest BCUT2D eigenvalue weighted by atomic mass is 16.6. The minimum atomic E-state index is -0.864. The number of rotatable bonds is 4. The molecule has 0 aliphatic heterocycles. The quantitative estimate of drug-likeness (QED) is 0.712. The van der Waals surface area contributed by atoms with Crippen molar-refractivity contribution in [2.24, 2.45) is 0 Å². The van der Waals surface area contributed by atoms with E-state index in [4.69, 9.17) is 19.7 Å². The second-order valence-electron chi connectivity index (χ2n) is 2.91. The van der Waals surface area contributed by atoms with Crippen LogP contribution in [0.25, 0.3) is 0 Å². The topological polar surface area (TPSA) is 58.9 Å². The molecular formula is C10H14O4. The van der Waals surface area contributed by atoms with Crippen LogP contribution in [0.2, 0.25) is 0 Å². The van der Waals surface area contributed by atoms with Crippen molar-refractivity contribution in [3.8, 4) is 11.5 Å². The van der Waals surface area contributed by atoms with E-state index in [0.717, 1.165) is 0 Å². The van der Waals surface area contributed by atoms with Gasteiger partial charge in [0, 0.05) is 6.07 Å². The van der Waals surface area contributed by atoms with Gasteiger partial charge in [-0.15, -0.1) is 0 Å². The molecule has 0 radical (unpaired) electrons. The van der Waals surface area contributed by atoms with Crippen LogP contribution in [0, 0.1) is 0 Å². The molecule has 1 aromatic carbocycles. The van der Waals surface area contributed by atoms with Gasteiger partial charge in [0.15, 0.2) is 12.6 Å². The third-order valence-electron chi connectivity index (χ3n) is 1.42. The van der Waals surface area contributed by atoms with Gasteiger partial charge in [0.1, 0.15) is 11.5 Å². The molecule has 0 saturated carbocycles. The smallest absolute Gasteiger partial charge is 0.194 e. The zero-order chi connectivity index (χ0) is 10.6. The highest BCUT2D eigenvalue weighted by molar-refractivity contribution is 5.32. The van der Waals surface area contributed by atoms with E-state index < -0.39 is 12.6 Å². The highest BCUT2D eigenvalue weighted by Crippen LogP contribution is 2.20. The summed E-state index contributed by atoms with van der Waals surface area (Å²) >= 11 is 0. The van der Waals surface area contributed by atoms with Crippen LogP contribution in [0.3, 0.4) is 0 Å². The molecule has 1 aromatic rings. The van der Waals surface area contributed by atoms with Crippen LogP contribution in [0.5, 0.6) is 11.5 Å². The Bertz CT molecular complexity index is 258. The number of benzene rings is 1. The Morgan fingerprint density at radius 3 is 1.79 bits per heavy atom. The number of hydrogen-bond donors (Lipinski definition) is 2. The van der Waals surface area contributed by atoms with Crippen LogP contribution in [-0.4, -0.2) is 22.8 Å². The molecule has 0 amide bonds. The highest BCUT2D eigenvalue weighted by Gasteiger charge is 2.02. The molecule has 4 nitrogen and oxygen atoms in total. The molecule has 14 heavy (non-hydrogen) atoms. The average Bonchev–Trinajstić information content (AvgIpc) is 2.01. The molecular weight excluding hydrogens is 184 g/mol. The summed E-state index contributed by atoms with van der Waals surface area (Å²) in [5.74, 6) is 0.997. The first-order valence-electron chi connectivity index (χ1n) is 4.37. The second kappa shape index (κ2) is 4.83. The summed E-state index contributed by atoms with van der Waals surface area (Å²) in [5.41, 5.74) is 0. The number of aliphatic hydroxyl groups is 2. The number of hydrogen-bond acceptors (Lipinski definition) is 4. The predicted octanol–water partition coefficient (Wildman–Crippen LogP) is 1.12. The normalized spacial score (nSPS) is 14.6. The lowest BCUT2D eigenvalue weighted by molar-refractivity contribution is -0.00529. The van der Waals surface area contributed by atoms with E-state index in [1.807, 2.05) is 0 Å². The van der Waals surface area contributed by atoms with Crippen molar-refractivity contribution in [3.05, 3.63) is 24.3 Å². The summed E-state index contributed by atoms with van der Waals surface area (Å²) in [6, 6.07) is 6.71. The number of aliphatic hydroxyl groups excluding tert-OH is 2. The van der Waals surface area contributed by atoms with Gasteiger partial charge in [-0.25, -0.2) is 0 Å². The van der Waals surface area contributed by atoms with Gasteiger partial charge < -0.3 is 19.7 Å². The Morgan fingerprint density at radius 2 is 1.43 bits per heavy atom. The Hall–Kier alpha value is -1.26. The fourth-order valence-corrected chi connectivity index (χ4v) is 1.01. The predicted molar refractivity (Wildman–Crippen MR) is 51.1 cm³/mol. The van der Waals surface area contributed by atoms with Crippen molar-refractivity contribution in [3.63, 3.8) is 0 Å². The van der Waals surface area contributed by atoms with Gasteiger partial charge in [-0.2, -0.15) is 0 Å². The molecule has 4 heteroatoms. The fraction of sp³-hybridized carbons (Fsp3) is 0.400. The summed E-state index contributed by atoms with van der Waals surface area (Å²) in [5, 5.41) is 17.9. The fourth-order valence-electron chi connectivity index (χ4n) is 1.01. The van der Waals surface area contributed by atoms with Gasteiger partial charge in [0.05, 0.1) is 0 Å². The molecule has 0 fully saturated rings. The lowest BCUT2D eigenvalue weighted by atomic mass is 10.3. The zero-order valence-corrected chi connectivity index (χ0v) is 8.18. The van der Waals surface area contributed by atoms with Crippen molar-refractivity contribution >= 4 is 0 Å². The first-order valence-corrected chi connectivity index (χ1v) is 4.37. The first-order chi connectivity index (χ1) is 6.58. The van der Waals surface area contributed by atoms with Crippen LogP contribution < -0.4 is 9.47 Å². The Balaban J connectivity index is 2.68. The monoisotopic (exact) mass is 198 g/mol. The molecule has 2 atom stereocenters. The molecule has 0 heterocycles. The van der Waals surface area contributed by atoms with Gasteiger partial charge in [-0.3, -0.25) is 0 Å². The van der Waals surface area contributed by atoms with E-state index >= 15 is 0 Å². The summed E-state index contributed by atoms with van der Waals surface area (Å²) in [7, 11) is 0. The Labute approximate surface area is 82.7 Å². The van der Waals surface area contributed by atoms with Crippen LogP contribution in [0.4, 0.5) is 0 Å². The lowest BCUT2D eigenvalue weighted by Crippen LogP contribution is -2.11. The largest absolute Gasteiger partial charge is 0.465 e. The summed E-state index contributed by atoms with van der Waals surface area (Å²) in [6.45, 7) is 3.03. The molecule has 0 spiro atoms. The van der Waals surface area contributed by atoms with Crippen LogP contribution in [0.15, 0.2) is 24.3 Å². The average molecular weight is 198 g/mol. The van der Waals surface area contributed by atoms with Gasteiger partial charge >= 0.3 is 0 Å². The van der Waals surface area contributed by atoms with Gasteiger partial charge in [0.2, 0.25) is 0 Å². The van der Waals surface area contributed by atoms with Gasteiger partial charge in [0.25, 0.3) is 0 Å². The lowest BCUT2D eigenvalue weighted by Gasteiger charge is -2.11. The second-order valence-corrected chi connectivity index (χ2v) is 2.91. The maximum Gasteiger partial charge on any atom is 0.194 e. The minimum absolute atomic E-state index is 0.498. The molecule has 2 unspecified atom stereocenters. The summed E-state index contributed by atoms with van der Waals surface area (Å²) in [6.07, 6.45) is -1.73. The molecule has 0 aliphatic carbocycles. The van der Waals surface area contributed by atoms with Crippen molar-refractivity contribution in [2.75, 3.05) is 0 Å². The first kappa shape index (κ1) is 10.8. The van der Waals surface area contributed by atoms with Gasteiger partial charge in [-0.1, -0.05) is 6.07 Å². The maximum atomic E-state index is 8.97. The SMILES string of the molecule is CC(O)Oc1cccc(OC(C)O)c1. The van der Waals surface area contributed by atoms with E-state index in [1.54, 1.807) is 24.3 Å².